The second kappa shape index (κ2) is 11.9. The maximum absolute atomic E-state index is 9.71. The summed E-state index contributed by atoms with van der Waals surface area (Å²) in [5, 5.41) is 16.2. The minimum absolute atomic E-state index is 0.0288. The van der Waals surface area contributed by atoms with Gasteiger partial charge in [-0.1, -0.05) is 42.5 Å². The lowest BCUT2D eigenvalue weighted by molar-refractivity contribution is 0.213. The van der Waals surface area contributed by atoms with E-state index in [-0.39, 0.29) is 18.6 Å². The predicted molar refractivity (Wildman–Crippen MR) is 113 cm³/mol. The Balaban J connectivity index is 1.93. The molecule has 3 N–H and O–H groups in total. The van der Waals surface area contributed by atoms with E-state index in [1.165, 1.54) is 0 Å². The molecule has 0 aliphatic rings. The van der Waals surface area contributed by atoms with Crippen molar-refractivity contribution < 1.29 is 14.6 Å². The lowest BCUT2D eigenvalue weighted by Gasteiger charge is -2.19. The molecule has 0 saturated heterocycles. The van der Waals surface area contributed by atoms with Crippen molar-refractivity contribution >= 4 is 5.96 Å². The number of aliphatic imine (C=N–C) groups is 1. The summed E-state index contributed by atoms with van der Waals surface area (Å²) in [6.07, 6.45) is -0.0806. The Bertz CT molecular complexity index is 722. The molecule has 0 radical (unpaired) electrons. The van der Waals surface area contributed by atoms with Crippen LogP contribution in [0.25, 0.3) is 0 Å². The van der Waals surface area contributed by atoms with Gasteiger partial charge in [0.1, 0.15) is 6.10 Å². The van der Waals surface area contributed by atoms with E-state index in [2.05, 4.69) is 15.6 Å². The summed E-state index contributed by atoms with van der Waals surface area (Å²) in [6, 6.07) is 17.5. The normalized spacial score (nSPS) is 13.5. The van der Waals surface area contributed by atoms with Crippen molar-refractivity contribution in [2.75, 3.05) is 33.4 Å². The van der Waals surface area contributed by atoms with Crippen LogP contribution in [0.5, 0.6) is 11.5 Å². The average molecular weight is 386 g/mol. The van der Waals surface area contributed by atoms with Crippen LogP contribution < -0.4 is 20.1 Å². The number of benzene rings is 2. The molecule has 6 nitrogen and oxygen atoms in total. The first kappa shape index (κ1) is 21.6. The van der Waals surface area contributed by atoms with Gasteiger partial charge in [-0.2, -0.15) is 0 Å². The maximum Gasteiger partial charge on any atom is 0.191 e. The molecule has 2 atom stereocenters. The molecule has 0 amide bonds. The smallest absolute Gasteiger partial charge is 0.191 e. The molecule has 2 unspecified atom stereocenters. The molecular weight excluding hydrogens is 354 g/mol. The number of nitrogens with zero attached hydrogens (tertiary/aromatic N) is 1. The molecule has 0 fully saturated rings. The Morgan fingerprint density at radius 1 is 1.04 bits per heavy atom. The fourth-order valence-electron chi connectivity index (χ4n) is 2.75. The zero-order chi connectivity index (χ0) is 20.2. The Kier molecular flexibility index (Phi) is 9.15. The molecule has 2 aromatic carbocycles. The molecule has 0 spiro atoms. The van der Waals surface area contributed by atoms with E-state index in [1.54, 1.807) is 7.11 Å². The number of ether oxygens (including phenoxy) is 2. The van der Waals surface area contributed by atoms with Crippen LogP contribution in [0.1, 0.15) is 25.3 Å². The molecule has 0 aliphatic heterocycles. The fourth-order valence-corrected chi connectivity index (χ4v) is 2.75. The van der Waals surface area contributed by atoms with Crippen molar-refractivity contribution in [1.82, 2.24) is 10.6 Å². The number of para-hydroxylation sites is 2. The number of nitrogens with one attached hydrogen (secondary N) is 2. The summed E-state index contributed by atoms with van der Waals surface area (Å²) in [4.78, 5) is 4.63. The quantitative estimate of drug-likeness (QED) is 0.433. The predicted octanol–water partition coefficient (Wildman–Crippen LogP) is 2.79. The lowest BCUT2D eigenvalue weighted by Crippen LogP contribution is -2.42. The number of aliphatic hydroxyl groups is 1. The van der Waals surface area contributed by atoms with Gasteiger partial charge in [-0.15, -0.1) is 0 Å². The third kappa shape index (κ3) is 6.78. The average Bonchev–Trinajstić information content (AvgIpc) is 2.73. The highest BCUT2D eigenvalue weighted by Crippen LogP contribution is 2.26. The Morgan fingerprint density at radius 2 is 1.71 bits per heavy atom. The first-order chi connectivity index (χ1) is 13.7. The summed E-state index contributed by atoms with van der Waals surface area (Å²) < 4.78 is 11.3. The van der Waals surface area contributed by atoms with Crippen molar-refractivity contribution in [3.05, 3.63) is 60.2 Å². The monoisotopic (exact) mass is 385 g/mol. The van der Waals surface area contributed by atoms with Gasteiger partial charge in [0, 0.05) is 12.5 Å². The van der Waals surface area contributed by atoms with Crippen LogP contribution in [-0.4, -0.2) is 50.5 Å². The number of methoxy groups -OCH3 is 1. The number of guanidine groups is 1. The Morgan fingerprint density at radius 3 is 2.36 bits per heavy atom. The minimum Gasteiger partial charge on any atom is -0.493 e. The van der Waals surface area contributed by atoms with E-state index in [1.807, 2.05) is 68.4 Å². The van der Waals surface area contributed by atoms with Gasteiger partial charge >= 0.3 is 0 Å². The number of hydrogen-bond acceptors (Lipinski definition) is 4. The molecular formula is C22H31N3O3. The van der Waals surface area contributed by atoms with Crippen LogP contribution in [-0.2, 0) is 0 Å². The zero-order valence-corrected chi connectivity index (χ0v) is 16.9. The summed E-state index contributed by atoms with van der Waals surface area (Å²) >= 11 is 0. The van der Waals surface area contributed by atoms with Crippen molar-refractivity contribution in [3.63, 3.8) is 0 Å². The topological polar surface area (TPSA) is 75.1 Å². The standard InChI is InChI=1S/C22H31N3O3/c1-4-23-22(25-15-19(16-26)18-10-6-5-7-11-18)24-14-17(2)28-21-13-9-8-12-20(21)27-3/h5-13,17,19,26H,4,14-16H2,1-3H3,(H2,23,24,25). The first-order valence-electron chi connectivity index (χ1n) is 9.65. The van der Waals surface area contributed by atoms with Crippen molar-refractivity contribution in [2.45, 2.75) is 25.9 Å². The summed E-state index contributed by atoms with van der Waals surface area (Å²) in [5.74, 6) is 2.10. The van der Waals surface area contributed by atoms with Crippen LogP contribution in [0, 0.1) is 0 Å². The van der Waals surface area contributed by atoms with Crippen LogP contribution in [0.4, 0.5) is 0 Å². The molecule has 0 bridgehead atoms. The molecule has 0 heterocycles. The molecule has 2 aromatic rings. The number of hydrogen-bond donors (Lipinski definition) is 3. The van der Waals surface area contributed by atoms with E-state index < -0.39 is 0 Å². The Labute approximate surface area is 167 Å². The van der Waals surface area contributed by atoms with Gasteiger partial charge in [0.2, 0.25) is 0 Å². The number of rotatable bonds is 10. The van der Waals surface area contributed by atoms with Gasteiger partial charge in [-0.05, 0) is 31.5 Å². The van der Waals surface area contributed by atoms with Gasteiger partial charge in [0.05, 0.1) is 26.8 Å². The van der Waals surface area contributed by atoms with Gasteiger partial charge in [-0.3, -0.25) is 4.99 Å². The van der Waals surface area contributed by atoms with Crippen LogP contribution >= 0.6 is 0 Å². The number of aliphatic hydroxyl groups excluding tert-OH is 1. The zero-order valence-electron chi connectivity index (χ0n) is 16.9. The second-order valence-corrected chi connectivity index (χ2v) is 6.47. The summed E-state index contributed by atoms with van der Waals surface area (Å²) in [5.41, 5.74) is 1.08. The van der Waals surface area contributed by atoms with E-state index in [4.69, 9.17) is 9.47 Å². The van der Waals surface area contributed by atoms with Crippen LogP contribution in [0.15, 0.2) is 59.6 Å². The third-order valence-corrected chi connectivity index (χ3v) is 4.26. The first-order valence-corrected chi connectivity index (χ1v) is 9.65. The van der Waals surface area contributed by atoms with Crippen molar-refractivity contribution in [2.24, 2.45) is 4.99 Å². The Hall–Kier alpha value is -2.73. The lowest BCUT2D eigenvalue weighted by atomic mass is 10.0. The minimum atomic E-state index is -0.0806. The molecule has 28 heavy (non-hydrogen) atoms. The highest BCUT2D eigenvalue weighted by atomic mass is 16.5. The third-order valence-electron chi connectivity index (χ3n) is 4.26. The highest BCUT2D eigenvalue weighted by molar-refractivity contribution is 5.79. The molecule has 0 saturated carbocycles. The van der Waals surface area contributed by atoms with Crippen molar-refractivity contribution in [3.8, 4) is 11.5 Å². The largest absolute Gasteiger partial charge is 0.493 e. The van der Waals surface area contributed by atoms with Gasteiger partial charge in [0.15, 0.2) is 17.5 Å². The SMILES string of the molecule is CCNC(=NCC(CO)c1ccccc1)NCC(C)Oc1ccccc1OC. The van der Waals surface area contributed by atoms with Gasteiger partial charge < -0.3 is 25.2 Å². The molecule has 0 aliphatic carbocycles. The van der Waals surface area contributed by atoms with E-state index in [9.17, 15) is 5.11 Å². The van der Waals surface area contributed by atoms with Crippen molar-refractivity contribution in [1.29, 1.82) is 0 Å². The fraction of sp³-hybridized carbons (Fsp3) is 0.409. The molecule has 0 aromatic heterocycles. The van der Waals surface area contributed by atoms with Gasteiger partial charge in [0.25, 0.3) is 0 Å². The van der Waals surface area contributed by atoms with Crippen LogP contribution in [0.3, 0.4) is 0 Å². The van der Waals surface area contributed by atoms with Gasteiger partial charge in [-0.25, -0.2) is 0 Å². The van der Waals surface area contributed by atoms with E-state index >= 15 is 0 Å². The molecule has 152 valence electrons. The second-order valence-electron chi connectivity index (χ2n) is 6.47. The van der Waals surface area contributed by atoms with Crippen LogP contribution in [0.2, 0.25) is 0 Å². The van der Waals surface area contributed by atoms with E-state index in [0.29, 0.717) is 30.5 Å². The molecule has 6 heteroatoms. The highest BCUT2D eigenvalue weighted by Gasteiger charge is 2.12. The van der Waals surface area contributed by atoms with E-state index in [0.717, 1.165) is 12.1 Å². The molecule has 2 rings (SSSR count). The summed E-state index contributed by atoms with van der Waals surface area (Å²) in [7, 11) is 1.63. The summed E-state index contributed by atoms with van der Waals surface area (Å²) in [6.45, 7) is 5.90. The maximum atomic E-state index is 9.71.